The maximum atomic E-state index is 12.7. The predicted molar refractivity (Wildman–Crippen MR) is 127 cm³/mol. The molecule has 1 unspecified atom stereocenters. The van der Waals surface area contributed by atoms with Gasteiger partial charge in [0.15, 0.2) is 16.4 Å². The van der Waals surface area contributed by atoms with Gasteiger partial charge in [0.25, 0.3) is 0 Å². The molecule has 4 rings (SSSR count). The molecule has 0 radical (unpaired) electrons. The SMILES string of the molecule is Cc1cc(C(=O)COC(=O)/C=C/c2sc3ccccc3c2Cl)c(C)n1C1CCS(=O)(=O)C1. The van der Waals surface area contributed by atoms with E-state index >= 15 is 0 Å². The smallest absolute Gasteiger partial charge is 0.331 e. The van der Waals surface area contributed by atoms with E-state index in [1.54, 1.807) is 19.1 Å². The fraction of sp³-hybridized carbons (Fsp3) is 0.304. The first kappa shape index (κ1) is 22.8. The lowest BCUT2D eigenvalue weighted by Gasteiger charge is -2.16. The van der Waals surface area contributed by atoms with E-state index in [1.165, 1.54) is 17.4 Å². The number of halogens is 1. The largest absolute Gasteiger partial charge is 0.454 e. The summed E-state index contributed by atoms with van der Waals surface area (Å²) >= 11 is 7.83. The molecule has 1 saturated heterocycles. The molecule has 9 heteroatoms. The van der Waals surface area contributed by atoms with Gasteiger partial charge in [0.05, 0.1) is 16.5 Å². The zero-order valence-electron chi connectivity index (χ0n) is 17.6. The lowest BCUT2D eigenvalue weighted by Crippen LogP contribution is -2.16. The fourth-order valence-electron chi connectivity index (χ4n) is 4.15. The summed E-state index contributed by atoms with van der Waals surface area (Å²) in [5.41, 5.74) is 1.95. The number of carbonyl (C=O) groups is 2. The Labute approximate surface area is 195 Å². The summed E-state index contributed by atoms with van der Waals surface area (Å²) in [6.45, 7) is 3.24. The molecule has 6 nitrogen and oxygen atoms in total. The molecular formula is C23H22ClNO5S2. The van der Waals surface area contributed by atoms with Crippen LogP contribution in [0.4, 0.5) is 0 Å². The average Bonchev–Trinajstić information content (AvgIpc) is 3.37. The minimum atomic E-state index is -3.04. The van der Waals surface area contributed by atoms with Gasteiger partial charge in [-0.25, -0.2) is 13.2 Å². The molecule has 3 aromatic rings. The van der Waals surface area contributed by atoms with Crippen molar-refractivity contribution in [2.24, 2.45) is 0 Å². The summed E-state index contributed by atoms with van der Waals surface area (Å²) in [7, 11) is -3.04. The summed E-state index contributed by atoms with van der Waals surface area (Å²) in [6, 6.07) is 9.25. The van der Waals surface area contributed by atoms with Gasteiger partial charge in [0, 0.05) is 44.0 Å². The number of hydrogen-bond acceptors (Lipinski definition) is 6. The van der Waals surface area contributed by atoms with Crippen LogP contribution in [0, 0.1) is 13.8 Å². The van der Waals surface area contributed by atoms with Gasteiger partial charge in [0.1, 0.15) is 0 Å². The Morgan fingerprint density at radius 3 is 2.72 bits per heavy atom. The summed E-state index contributed by atoms with van der Waals surface area (Å²) in [5.74, 6) is -0.725. The number of Topliss-reactive ketones (excluding diaryl/α,β-unsaturated/α-hetero) is 1. The highest BCUT2D eigenvalue weighted by Gasteiger charge is 2.31. The minimum Gasteiger partial charge on any atom is -0.454 e. The number of nitrogens with zero attached hydrogens (tertiary/aromatic N) is 1. The van der Waals surface area contributed by atoms with E-state index < -0.39 is 22.4 Å². The van der Waals surface area contributed by atoms with Crippen molar-refractivity contribution in [2.75, 3.05) is 18.1 Å². The van der Waals surface area contributed by atoms with Crippen molar-refractivity contribution < 1.29 is 22.7 Å². The monoisotopic (exact) mass is 491 g/mol. The summed E-state index contributed by atoms with van der Waals surface area (Å²) in [4.78, 5) is 25.6. The molecule has 0 amide bonds. The van der Waals surface area contributed by atoms with E-state index in [4.69, 9.17) is 16.3 Å². The third kappa shape index (κ3) is 4.53. The maximum absolute atomic E-state index is 12.7. The first-order valence-electron chi connectivity index (χ1n) is 10.1. The molecule has 0 saturated carbocycles. The molecule has 0 spiro atoms. The van der Waals surface area contributed by atoms with Crippen molar-refractivity contribution in [3.63, 3.8) is 0 Å². The van der Waals surface area contributed by atoms with Crippen molar-refractivity contribution in [3.8, 4) is 0 Å². The maximum Gasteiger partial charge on any atom is 0.331 e. The fourth-order valence-corrected chi connectivity index (χ4v) is 7.25. The molecule has 1 atom stereocenters. The number of carbonyl (C=O) groups excluding carboxylic acids is 2. The van der Waals surface area contributed by atoms with Crippen LogP contribution in [0.25, 0.3) is 16.2 Å². The Morgan fingerprint density at radius 1 is 1.28 bits per heavy atom. The van der Waals surface area contributed by atoms with Crippen LogP contribution < -0.4 is 0 Å². The Morgan fingerprint density at radius 2 is 2.03 bits per heavy atom. The Hall–Kier alpha value is -2.42. The summed E-state index contributed by atoms with van der Waals surface area (Å²) < 4.78 is 31.7. The number of ketones is 1. The lowest BCUT2D eigenvalue weighted by atomic mass is 10.1. The van der Waals surface area contributed by atoms with Crippen LogP contribution in [0.3, 0.4) is 0 Å². The Kier molecular flexibility index (Phi) is 6.29. The number of esters is 1. The molecule has 168 valence electrons. The highest BCUT2D eigenvalue weighted by molar-refractivity contribution is 7.91. The van der Waals surface area contributed by atoms with Crippen molar-refractivity contribution in [1.82, 2.24) is 4.57 Å². The highest BCUT2D eigenvalue weighted by Crippen LogP contribution is 2.36. The van der Waals surface area contributed by atoms with Crippen LogP contribution >= 0.6 is 22.9 Å². The molecule has 3 heterocycles. The van der Waals surface area contributed by atoms with Gasteiger partial charge in [-0.3, -0.25) is 4.79 Å². The van der Waals surface area contributed by atoms with Crippen molar-refractivity contribution in [2.45, 2.75) is 26.3 Å². The second-order valence-electron chi connectivity index (χ2n) is 7.85. The quantitative estimate of drug-likeness (QED) is 0.282. The molecular weight excluding hydrogens is 470 g/mol. The van der Waals surface area contributed by atoms with Crippen molar-refractivity contribution >= 4 is 60.7 Å². The molecule has 1 aliphatic heterocycles. The molecule has 0 aliphatic carbocycles. The zero-order valence-corrected chi connectivity index (χ0v) is 20.0. The number of sulfone groups is 1. The minimum absolute atomic E-state index is 0.0804. The molecule has 1 fully saturated rings. The van der Waals surface area contributed by atoms with E-state index in [-0.39, 0.29) is 23.3 Å². The first-order valence-corrected chi connectivity index (χ1v) is 13.1. The van der Waals surface area contributed by atoms with E-state index in [1.807, 2.05) is 35.8 Å². The number of hydrogen-bond donors (Lipinski definition) is 0. The number of thiophene rings is 1. The van der Waals surface area contributed by atoms with Gasteiger partial charge in [-0.2, -0.15) is 0 Å². The van der Waals surface area contributed by atoms with E-state index in [2.05, 4.69) is 0 Å². The van der Waals surface area contributed by atoms with Gasteiger partial charge in [-0.15, -0.1) is 11.3 Å². The second-order valence-corrected chi connectivity index (χ2v) is 11.5. The van der Waals surface area contributed by atoms with Gasteiger partial charge >= 0.3 is 5.97 Å². The van der Waals surface area contributed by atoms with E-state index in [0.29, 0.717) is 22.7 Å². The number of rotatable bonds is 6. The standard InChI is InChI=1S/C23H22ClNO5S2/c1-14-11-18(15(2)25(14)16-9-10-32(28,29)13-16)19(26)12-30-22(27)8-7-21-23(24)17-5-3-4-6-20(17)31-21/h3-8,11,16H,9-10,12-13H2,1-2H3/b8-7+. The lowest BCUT2D eigenvalue weighted by molar-refractivity contribution is -0.136. The molecule has 2 aromatic heterocycles. The molecule has 32 heavy (non-hydrogen) atoms. The third-order valence-corrected chi connectivity index (χ3v) is 9.04. The Bertz CT molecular complexity index is 1350. The number of ether oxygens (including phenoxy) is 1. The average molecular weight is 492 g/mol. The molecule has 1 aromatic carbocycles. The van der Waals surface area contributed by atoms with Crippen LogP contribution in [0.15, 0.2) is 36.4 Å². The van der Waals surface area contributed by atoms with Gasteiger partial charge in [-0.1, -0.05) is 29.8 Å². The van der Waals surface area contributed by atoms with Crippen molar-refractivity contribution in [3.05, 3.63) is 63.3 Å². The topological polar surface area (TPSA) is 82.4 Å². The molecule has 0 bridgehead atoms. The van der Waals surface area contributed by atoms with Gasteiger partial charge < -0.3 is 9.30 Å². The van der Waals surface area contributed by atoms with E-state index in [0.717, 1.165) is 20.7 Å². The van der Waals surface area contributed by atoms with Crippen LogP contribution in [0.1, 0.15) is 39.1 Å². The number of aromatic nitrogens is 1. The third-order valence-electron chi connectivity index (χ3n) is 5.63. The highest BCUT2D eigenvalue weighted by atomic mass is 35.5. The summed E-state index contributed by atoms with van der Waals surface area (Å²) in [6.07, 6.45) is 3.38. The predicted octanol–water partition coefficient (Wildman–Crippen LogP) is 4.77. The van der Waals surface area contributed by atoms with Crippen LogP contribution in [-0.4, -0.2) is 42.9 Å². The normalized spacial score (nSPS) is 17.9. The number of aryl methyl sites for hydroxylation is 1. The molecule has 0 N–H and O–H groups in total. The molecule has 1 aliphatic rings. The van der Waals surface area contributed by atoms with Crippen LogP contribution in [0.2, 0.25) is 5.02 Å². The second kappa shape index (κ2) is 8.84. The van der Waals surface area contributed by atoms with Crippen molar-refractivity contribution in [1.29, 1.82) is 0 Å². The van der Waals surface area contributed by atoms with Crippen LogP contribution in [-0.2, 0) is 19.4 Å². The van der Waals surface area contributed by atoms with Crippen LogP contribution in [0.5, 0.6) is 0 Å². The van der Waals surface area contributed by atoms with E-state index in [9.17, 15) is 18.0 Å². The first-order chi connectivity index (χ1) is 15.2. The summed E-state index contributed by atoms with van der Waals surface area (Å²) in [5, 5.41) is 1.50. The zero-order chi connectivity index (χ0) is 23.0. The number of fused-ring (bicyclic) bond motifs is 1. The Balaban J connectivity index is 1.41. The number of benzene rings is 1. The van der Waals surface area contributed by atoms with Gasteiger partial charge in [-0.05, 0) is 38.5 Å². The van der Waals surface area contributed by atoms with Gasteiger partial charge in [0.2, 0.25) is 5.78 Å².